The molecule has 3 amide bonds. The van der Waals surface area contributed by atoms with Crippen molar-refractivity contribution in [2.45, 2.75) is 25.4 Å². The largest absolute Gasteiger partial charge is 0.381 e. The highest BCUT2D eigenvalue weighted by molar-refractivity contribution is 6.04. The maximum atomic E-state index is 12.2. The van der Waals surface area contributed by atoms with Crippen molar-refractivity contribution in [2.75, 3.05) is 18.5 Å². The summed E-state index contributed by atoms with van der Waals surface area (Å²) in [7, 11) is 0. The molecule has 3 rings (SSSR count). The van der Waals surface area contributed by atoms with Gasteiger partial charge in [0.15, 0.2) is 0 Å². The molecule has 1 aromatic heterocycles. The molecule has 1 aliphatic rings. The lowest BCUT2D eigenvalue weighted by atomic mass is 10.1. The molecule has 7 nitrogen and oxygen atoms in total. The molecule has 26 heavy (non-hydrogen) atoms. The Morgan fingerprint density at radius 3 is 2.42 bits per heavy atom. The zero-order valence-corrected chi connectivity index (χ0v) is 14.4. The number of urea groups is 1. The summed E-state index contributed by atoms with van der Waals surface area (Å²) in [6.45, 7) is 1.78. The Hall–Kier alpha value is -2.93. The first-order valence-electron chi connectivity index (χ1n) is 8.63. The van der Waals surface area contributed by atoms with Crippen molar-refractivity contribution in [3.05, 3.63) is 59.9 Å². The smallest absolute Gasteiger partial charge is 0.315 e. The van der Waals surface area contributed by atoms with Crippen LogP contribution in [-0.4, -0.2) is 36.2 Å². The van der Waals surface area contributed by atoms with Gasteiger partial charge in [0.1, 0.15) is 0 Å². The molecular weight excluding hydrogens is 332 g/mol. The molecule has 0 atom stereocenters. The van der Waals surface area contributed by atoms with Gasteiger partial charge < -0.3 is 20.7 Å². The highest BCUT2D eigenvalue weighted by atomic mass is 16.5. The molecular formula is C19H22N4O3. The monoisotopic (exact) mass is 354 g/mol. The number of ether oxygens (including phenoxy) is 1. The van der Waals surface area contributed by atoms with Crippen molar-refractivity contribution in [3.63, 3.8) is 0 Å². The minimum absolute atomic E-state index is 0.169. The molecule has 3 N–H and O–H groups in total. The number of pyridine rings is 1. The number of amides is 3. The molecule has 1 fully saturated rings. The Labute approximate surface area is 152 Å². The Morgan fingerprint density at radius 2 is 1.73 bits per heavy atom. The number of nitrogens with zero attached hydrogens (tertiary/aromatic N) is 1. The van der Waals surface area contributed by atoms with Gasteiger partial charge in [0.2, 0.25) is 0 Å². The highest BCUT2D eigenvalue weighted by Gasteiger charge is 2.15. The normalized spacial score (nSPS) is 14.5. The fourth-order valence-electron chi connectivity index (χ4n) is 2.67. The Bertz CT molecular complexity index is 728. The fourth-order valence-corrected chi connectivity index (χ4v) is 2.67. The molecule has 2 heterocycles. The molecule has 136 valence electrons. The van der Waals surface area contributed by atoms with E-state index in [1.807, 2.05) is 12.1 Å². The first kappa shape index (κ1) is 17.9. The number of anilines is 1. The SMILES string of the molecule is O=C(NCc1ccc(C(=O)Nc2ccncc2)cc1)NC1CCOCC1. The predicted molar refractivity (Wildman–Crippen MR) is 97.8 cm³/mol. The van der Waals surface area contributed by atoms with Crippen LogP contribution in [0, 0.1) is 0 Å². The third-order valence-electron chi connectivity index (χ3n) is 4.16. The maximum absolute atomic E-state index is 12.2. The summed E-state index contributed by atoms with van der Waals surface area (Å²) in [4.78, 5) is 28.0. The number of aromatic nitrogens is 1. The van der Waals surface area contributed by atoms with Gasteiger partial charge >= 0.3 is 6.03 Å². The fraction of sp³-hybridized carbons (Fsp3) is 0.316. The van der Waals surface area contributed by atoms with Gasteiger partial charge in [0.25, 0.3) is 5.91 Å². The number of carbonyl (C=O) groups is 2. The van der Waals surface area contributed by atoms with Gasteiger partial charge in [-0.05, 0) is 42.7 Å². The van der Waals surface area contributed by atoms with Crippen LogP contribution in [0.2, 0.25) is 0 Å². The first-order valence-corrected chi connectivity index (χ1v) is 8.63. The van der Waals surface area contributed by atoms with Crippen LogP contribution in [0.3, 0.4) is 0 Å². The number of hydrogen-bond donors (Lipinski definition) is 3. The summed E-state index contributed by atoms with van der Waals surface area (Å²) in [5.74, 6) is -0.187. The van der Waals surface area contributed by atoms with Crippen LogP contribution in [0.5, 0.6) is 0 Å². The van der Waals surface area contributed by atoms with Crippen molar-refractivity contribution in [1.29, 1.82) is 0 Å². The van der Waals surface area contributed by atoms with Crippen LogP contribution in [0.25, 0.3) is 0 Å². The van der Waals surface area contributed by atoms with Gasteiger partial charge in [-0.15, -0.1) is 0 Å². The molecule has 0 radical (unpaired) electrons. The maximum Gasteiger partial charge on any atom is 0.315 e. The van der Waals surface area contributed by atoms with E-state index in [1.165, 1.54) is 0 Å². The molecule has 7 heteroatoms. The third kappa shape index (κ3) is 5.29. The molecule has 0 spiro atoms. The molecule has 0 saturated carbocycles. The van der Waals surface area contributed by atoms with E-state index in [1.54, 1.807) is 36.7 Å². The van der Waals surface area contributed by atoms with Gasteiger partial charge in [0.05, 0.1) is 0 Å². The molecule has 1 aliphatic heterocycles. The summed E-state index contributed by atoms with van der Waals surface area (Å²) in [6.07, 6.45) is 4.93. The van der Waals surface area contributed by atoms with E-state index in [4.69, 9.17) is 4.74 Å². The van der Waals surface area contributed by atoms with Crippen LogP contribution in [0.4, 0.5) is 10.5 Å². The third-order valence-corrected chi connectivity index (χ3v) is 4.16. The molecule has 0 unspecified atom stereocenters. The number of hydrogen-bond acceptors (Lipinski definition) is 4. The summed E-state index contributed by atoms with van der Waals surface area (Å²) < 4.78 is 5.27. The first-order chi connectivity index (χ1) is 12.7. The van der Waals surface area contributed by atoms with Gasteiger partial charge in [0, 0.05) is 49.4 Å². The van der Waals surface area contributed by atoms with E-state index in [9.17, 15) is 9.59 Å². The summed E-state index contributed by atoms with van der Waals surface area (Å²) >= 11 is 0. The quantitative estimate of drug-likeness (QED) is 0.768. The Kier molecular flexibility index (Phi) is 6.16. The second kappa shape index (κ2) is 8.96. The molecule has 1 saturated heterocycles. The van der Waals surface area contributed by atoms with E-state index in [-0.39, 0.29) is 18.0 Å². The van der Waals surface area contributed by atoms with Crippen LogP contribution in [0.1, 0.15) is 28.8 Å². The summed E-state index contributed by atoms with van der Waals surface area (Å²) in [6, 6.07) is 10.6. The minimum Gasteiger partial charge on any atom is -0.381 e. The van der Waals surface area contributed by atoms with Gasteiger partial charge in [-0.2, -0.15) is 0 Å². The van der Waals surface area contributed by atoms with E-state index < -0.39 is 0 Å². The highest BCUT2D eigenvalue weighted by Crippen LogP contribution is 2.10. The Morgan fingerprint density at radius 1 is 1.04 bits per heavy atom. The summed E-state index contributed by atoms with van der Waals surface area (Å²) in [5, 5.41) is 8.59. The topological polar surface area (TPSA) is 92.4 Å². The Balaban J connectivity index is 1.46. The van der Waals surface area contributed by atoms with Crippen molar-refractivity contribution in [3.8, 4) is 0 Å². The van der Waals surface area contributed by atoms with Crippen LogP contribution in [0.15, 0.2) is 48.8 Å². The molecule has 1 aromatic carbocycles. The lowest BCUT2D eigenvalue weighted by Crippen LogP contribution is -2.44. The number of nitrogens with one attached hydrogen (secondary N) is 3. The predicted octanol–water partition coefficient (Wildman–Crippen LogP) is 2.31. The lowest BCUT2D eigenvalue weighted by molar-refractivity contribution is 0.0800. The second-order valence-electron chi connectivity index (χ2n) is 6.10. The van der Waals surface area contributed by atoms with Crippen molar-refractivity contribution >= 4 is 17.6 Å². The number of benzene rings is 1. The van der Waals surface area contributed by atoms with Crippen molar-refractivity contribution < 1.29 is 14.3 Å². The standard InChI is InChI=1S/C19H22N4O3/c24-18(22-16-5-9-20-10-6-16)15-3-1-14(2-4-15)13-21-19(25)23-17-7-11-26-12-8-17/h1-6,9-10,17H,7-8,11-13H2,(H,20,22,24)(H2,21,23,25). The zero-order chi connectivity index (χ0) is 18.2. The van der Waals surface area contributed by atoms with Crippen LogP contribution in [-0.2, 0) is 11.3 Å². The van der Waals surface area contributed by atoms with E-state index in [0.29, 0.717) is 31.0 Å². The number of rotatable bonds is 5. The lowest BCUT2D eigenvalue weighted by Gasteiger charge is -2.23. The van der Waals surface area contributed by atoms with Crippen LogP contribution < -0.4 is 16.0 Å². The average Bonchev–Trinajstić information content (AvgIpc) is 2.68. The molecule has 0 bridgehead atoms. The van der Waals surface area contributed by atoms with Crippen LogP contribution >= 0.6 is 0 Å². The van der Waals surface area contributed by atoms with Gasteiger partial charge in [-0.3, -0.25) is 9.78 Å². The van der Waals surface area contributed by atoms with E-state index >= 15 is 0 Å². The van der Waals surface area contributed by atoms with Gasteiger partial charge in [-0.1, -0.05) is 12.1 Å². The second-order valence-corrected chi connectivity index (χ2v) is 6.10. The molecule has 0 aliphatic carbocycles. The van der Waals surface area contributed by atoms with Crippen molar-refractivity contribution in [1.82, 2.24) is 15.6 Å². The van der Waals surface area contributed by atoms with Gasteiger partial charge in [-0.25, -0.2) is 4.79 Å². The average molecular weight is 354 g/mol. The number of carbonyl (C=O) groups excluding carboxylic acids is 2. The minimum atomic E-state index is -0.187. The van der Waals surface area contributed by atoms with E-state index in [2.05, 4.69) is 20.9 Å². The van der Waals surface area contributed by atoms with E-state index in [0.717, 1.165) is 18.4 Å². The zero-order valence-electron chi connectivity index (χ0n) is 14.4. The molecule has 2 aromatic rings. The summed E-state index contributed by atoms with van der Waals surface area (Å²) in [5.41, 5.74) is 2.17. The van der Waals surface area contributed by atoms with Crippen molar-refractivity contribution in [2.24, 2.45) is 0 Å².